The number of carbonyl (C=O) groups excluding carboxylic acids is 2. The number of imide groups is 1. The summed E-state index contributed by atoms with van der Waals surface area (Å²) in [5, 5.41) is -0.311. The van der Waals surface area contributed by atoms with Crippen LogP contribution in [0.4, 0.5) is 10.5 Å². The molecule has 8 heteroatoms. The first-order valence-corrected chi connectivity index (χ1v) is 13.1. The van der Waals surface area contributed by atoms with Gasteiger partial charge in [0.15, 0.2) is 11.5 Å². The van der Waals surface area contributed by atoms with Crippen LogP contribution in [0, 0.1) is 7.14 Å². The van der Waals surface area contributed by atoms with Crippen molar-refractivity contribution in [2.45, 2.75) is 13.5 Å². The van der Waals surface area contributed by atoms with Crippen LogP contribution >= 0.6 is 56.9 Å². The van der Waals surface area contributed by atoms with Crippen molar-refractivity contribution in [3.05, 3.63) is 89.9 Å². The average Bonchev–Trinajstić information content (AvgIpc) is 3.08. The number of halogens is 2. The highest BCUT2D eigenvalue weighted by molar-refractivity contribution is 14.1. The van der Waals surface area contributed by atoms with Gasteiger partial charge in [-0.3, -0.25) is 9.59 Å². The fourth-order valence-electron chi connectivity index (χ4n) is 3.23. The molecule has 0 aliphatic carbocycles. The normalized spacial score (nSPS) is 14.8. The number of carbonyl (C=O) groups is 2. The summed E-state index contributed by atoms with van der Waals surface area (Å²) in [6.45, 7) is 2.81. The molecule has 2 amide bonds. The van der Waals surface area contributed by atoms with Crippen molar-refractivity contribution in [2.24, 2.45) is 0 Å². The molecule has 0 radical (unpaired) electrons. The highest BCUT2D eigenvalue weighted by Crippen LogP contribution is 2.39. The summed E-state index contributed by atoms with van der Waals surface area (Å²) in [5.41, 5.74) is 2.39. The van der Waals surface area contributed by atoms with Crippen LogP contribution in [0.2, 0.25) is 0 Å². The quantitative estimate of drug-likeness (QED) is 0.196. The molecule has 0 bridgehead atoms. The van der Waals surface area contributed by atoms with Crippen LogP contribution < -0.4 is 14.4 Å². The predicted octanol–water partition coefficient (Wildman–Crippen LogP) is 7.11. The van der Waals surface area contributed by atoms with E-state index in [1.165, 1.54) is 8.47 Å². The zero-order chi connectivity index (χ0) is 23.4. The molecule has 1 aliphatic heterocycles. The Morgan fingerprint density at radius 3 is 2.39 bits per heavy atom. The zero-order valence-electron chi connectivity index (χ0n) is 17.6. The summed E-state index contributed by atoms with van der Waals surface area (Å²) >= 11 is 5.41. The molecule has 0 spiro atoms. The fourth-order valence-corrected chi connectivity index (χ4v) is 5.21. The monoisotopic (exact) mass is 683 g/mol. The second-order valence-corrected chi connectivity index (χ2v) is 10.4. The minimum absolute atomic E-state index is 0.311. The first-order valence-electron chi connectivity index (χ1n) is 10.1. The van der Waals surface area contributed by atoms with E-state index in [0.29, 0.717) is 35.3 Å². The summed E-state index contributed by atoms with van der Waals surface area (Å²) in [6, 6.07) is 20.8. The van der Waals surface area contributed by atoms with Crippen molar-refractivity contribution < 1.29 is 19.1 Å². The SMILES string of the molecule is CCOc1cc(/C=C2\SC(=O)N(c3ccccc3)C2=O)cc(I)c1OCc1ccc(I)cc1. The Bertz CT molecular complexity index is 1210. The van der Waals surface area contributed by atoms with Crippen LogP contribution in [-0.4, -0.2) is 17.8 Å². The maximum Gasteiger partial charge on any atom is 0.298 e. The van der Waals surface area contributed by atoms with Gasteiger partial charge in [0, 0.05) is 3.57 Å². The molecular weight excluding hydrogens is 664 g/mol. The highest BCUT2D eigenvalue weighted by atomic mass is 127. The van der Waals surface area contributed by atoms with Crippen LogP contribution in [0.5, 0.6) is 11.5 Å². The standard InChI is InChI=1S/C25H19I2NO4S/c1-2-31-21-13-17(12-20(27)23(21)32-15-16-8-10-18(26)11-9-16)14-22-24(29)28(25(30)33-22)19-6-4-3-5-7-19/h3-14H,2,15H2,1H3/b22-14-. The first-order chi connectivity index (χ1) is 16.0. The Morgan fingerprint density at radius 2 is 1.70 bits per heavy atom. The third-order valence-corrected chi connectivity index (χ3v) is 7.12. The lowest BCUT2D eigenvalue weighted by atomic mass is 10.1. The molecule has 0 aromatic heterocycles. The zero-order valence-corrected chi connectivity index (χ0v) is 22.7. The number of para-hydroxylation sites is 1. The lowest BCUT2D eigenvalue weighted by molar-refractivity contribution is -0.113. The van der Waals surface area contributed by atoms with Crippen molar-refractivity contribution in [3.8, 4) is 11.5 Å². The molecule has 33 heavy (non-hydrogen) atoms. The second-order valence-electron chi connectivity index (χ2n) is 7.03. The van der Waals surface area contributed by atoms with E-state index in [1.807, 2.05) is 49.4 Å². The highest BCUT2D eigenvalue weighted by Gasteiger charge is 2.36. The third-order valence-electron chi connectivity index (χ3n) is 4.73. The molecule has 3 aromatic carbocycles. The largest absolute Gasteiger partial charge is 0.490 e. The van der Waals surface area contributed by atoms with Gasteiger partial charge in [0.2, 0.25) is 0 Å². The van der Waals surface area contributed by atoms with Crippen molar-refractivity contribution in [3.63, 3.8) is 0 Å². The molecule has 5 nitrogen and oxygen atoms in total. The minimum atomic E-state index is -0.330. The molecule has 1 fully saturated rings. The van der Waals surface area contributed by atoms with Gasteiger partial charge in [-0.1, -0.05) is 30.3 Å². The van der Waals surface area contributed by atoms with E-state index in [0.717, 1.165) is 26.5 Å². The number of hydrogen-bond acceptors (Lipinski definition) is 5. The van der Waals surface area contributed by atoms with Gasteiger partial charge in [-0.25, -0.2) is 4.90 Å². The molecule has 1 heterocycles. The Balaban J connectivity index is 1.59. The van der Waals surface area contributed by atoms with Gasteiger partial charge in [-0.15, -0.1) is 0 Å². The van der Waals surface area contributed by atoms with Gasteiger partial charge >= 0.3 is 0 Å². The lowest BCUT2D eigenvalue weighted by Gasteiger charge is -2.15. The molecule has 168 valence electrons. The number of anilines is 1. The van der Waals surface area contributed by atoms with Crippen LogP contribution in [-0.2, 0) is 11.4 Å². The number of thioether (sulfide) groups is 1. The molecular formula is C25H19I2NO4S. The van der Waals surface area contributed by atoms with E-state index in [9.17, 15) is 9.59 Å². The molecule has 0 saturated carbocycles. The topological polar surface area (TPSA) is 55.8 Å². The van der Waals surface area contributed by atoms with Crippen molar-refractivity contribution in [1.82, 2.24) is 0 Å². The third kappa shape index (κ3) is 5.72. The van der Waals surface area contributed by atoms with Crippen molar-refractivity contribution in [1.29, 1.82) is 0 Å². The van der Waals surface area contributed by atoms with Crippen molar-refractivity contribution in [2.75, 3.05) is 11.5 Å². The number of hydrogen-bond donors (Lipinski definition) is 0. The number of ether oxygens (including phenoxy) is 2. The van der Waals surface area contributed by atoms with E-state index in [-0.39, 0.29) is 11.1 Å². The Kier molecular flexibility index (Phi) is 7.97. The van der Waals surface area contributed by atoms with E-state index in [4.69, 9.17) is 9.47 Å². The maximum atomic E-state index is 12.9. The number of benzene rings is 3. The van der Waals surface area contributed by atoms with E-state index in [1.54, 1.807) is 30.3 Å². The first kappa shape index (κ1) is 24.1. The van der Waals surface area contributed by atoms with Crippen LogP contribution in [0.1, 0.15) is 18.1 Å². The van der Waals surface area contributed by atoms with E-state index in [2.05, 4.69) is 45.2 Å². The molecule has 1 aliphatic rings. The van der Waals surface area contributed by atoms with Crippen LogP contribution in [0.25, 0.3) is 6.08 Å². The number of amides is 2. The summed E-state index contributed by atoms with van der Waals surface area (Å²) < 4.78 is 14.0. The maximum absolute atomic E-state index is 12.9. The Labute approximate surface area is 223 Å². The van der Waals surface area contributed by atoms with Gasteiger partial charge in [0.25, 0.3) is 11.1 Å². The van der Waals surface area contributed by atoms with Gasteiger partial charge in [0.1, 0.15) is 6.61 Å². The van der Waals surface area contributed by atoms with Crippen LogP contribution in [0.3, 0.4) is 0 Å². The summed E-state index contributed by atoms with van der Waals surface area (Å²) in [5.74, 6) is 0.928. The molecule has 1 saturated heterocycles. The summed E-state index contributed by atoms with van der Waals surface area (Å²) in [6.07, 6.45) is 1.72. The van der Waals surface area contributed by atoms with Gasteiger partial charge in [0.05, 0.1) is 20.8 Å². The lowest BCUT2D eigenvalue weighted by Crippen LogP contribution is -2.27. The summed E-state index contributed by atoms with van der Waals surface area (Å²) in [7, 11) is 0. The molecule has 0 N–H and O–H groups in total. The molecule has 3 aromatic rings. The van der Waals surface area contributed by atoms with Gasteiger partial charge < -0.3 is 9.47 Å². The minimum Gasteiger partial charge on any atom is -0.490 e. The van der Waals surface area contributed by atoms with Crippen molar-refractivity contribution >= 4 is 79.9 Å². The fraction of sp³-hybridized carbons (Fsp3) is 0.120. The average molecular weight is 683 g/mol. The number of nitrogens with zero attached hydrogens (tertiary/aromatic N) is 1. The second kappa shape index (κ2) is 10.9. The van der Waals surface area contributed by atoms with E-state index >= 15 is 0 Å². The number of rotatable bonds is 7. The molecule has 0 unspecified atom stereocenters. The Morgan fingerprint density at radius 1 is 0.970 bits per heavy atom. The molecule has 4 rings (SSSR count). The smallest absolute Gasteiger partial charge is 0.298 e. The van der Waals surface area contributed by atoms with Gasteiger partial charge in [-0.05, 0) is 117 Å². The molecule has 0 atom stereocenters. The summed E-state index contributed by atoms with van der Waals surface area (Å²) in [4.78, 5) is 27.0. The Hall–Kier alpha value is -2.05. The van der Waals surface area contributed by atoms with Gasteiger partial charge in [-0.2, -0.15) is 0 Å². The van der Waals surface area contributed by atoms with Crippen LogP contribution in [0.15, 0.2) is 71.6 Å². The predicted molar refractivity (Wildman–Crippen MR) is 149 cm³/mol. The van der Waals surface area contributed by atoms with E-state index < -0.39 is 0 Å².